The third kappa shape index (κ3) is 4.67. The molecule has 0 aromatic heterocycles. The molecule has 0 aliphatic rings. The molecule has 0 saturated carbocycles. The predicted octanol–water partition coefficient (Wildman–Crippen LogP) is 10.8. The molecule has 0 N–H and O–H groups in total. The molecule has 0 spiro atoms. The summed E-state index contributed by atoms with van der Waals surface area (Å²) < 4.78 is 4.37. The molecule has 150 valence electrons. The number of halogens is 4. The number of hydrogen-bond acceptors (Lipinski definition) is 2. The number of benzene rings is 3. The molecule has 3 aromatic carbocycles. The first-order valence-corrected chi connectivity index (χ1v) is 14.6. The van der Waals surface area contributed by atoms with Crippen LogP contribution in [0.15, 0.2) is 51.9 Å². The molecule has 0 radical (unpaired) electrons. The first kappa shape index (κ1) is 23.5. The topological polar surface area (TPSA) is 0 Å². The highest BCUT2D eigenvalue weighted by Crippen LogP contribution is 2.52. The van der Waals surface area contributed by atoms with Crippen molar-refractivity contribution in [2.45, 2.75) is 49.3 Å². The van der Waals surface area contributed by atoms with Gasteiger partial charge >= 0.3 is 0 Å². The molecule has 6 heteroatoms. The molecule has 0 fully saturated rings. The van der Waals surface area contributed by atoms with E-state index in [2.05, 4.69) is 102 Å². The third-order valence-corrected chi connectivity index (χ3v) is 11.8. The van der Waals surface area contributed by atoms with E-state index in [4.69, 9.17) is 0 Å². The maximum atomic E-state index is 3.91. The first-order chi connectivity index (χ1) is 13.5. The van der Waals surface area contributed by atoms with E-state index in [1.54, 1.807) is 0 Å². The van der Waals surface area contributed by atoms with Crippen molar-refractivity contribution in [1.82, 2.24) is 0 Å². The smallest absolute Gasteiger partial charge is 0.0477 e. The number of unbranched alkanes of at least 4 members (excludes halogenated alkanes) is 2. The van der Waals surface area contributed by atoms with Crippen LogP contribution in [0.3, 0.4) is 0 Å². The summed E-state index contributed by atoms with van der Waals surface area (Å²) in [6, 6.07) is 8.89. The molecule has 0 heterocycles. The Labute approximate surface area is 209 Å². The minimum absolute atomic E-state index is 1.06. The van der Waals surface area contributed by atoms with Crippen molar-refractivity contribution in [3.05, 3.63) is 42.2 Å². The Morgan fingerprint density at radius 3 is 1.39 bits per heavy atom. The molecule has 0 bridgehead atoms. The lowest BCUT2D eigenvalue weighted by Gasteiger charge is -2.20. The van der Waals surface area contributed by atoms with Gasteiger partial charge in [-0.15, -0.1) is 23.5 Å². The molecule has 0 nitrogen and oxygen atoms in total. The van der Waals surface area contributed by atoms with Crippen LogP contribution in [0.5, 0.6) is 0 Å². The highest BCUT2D eigenvalue weighted by atomic mass is 79.9. The number of fused-ring (bicyclic) bond motifs is 2. The van der Waals surface area contributed by atoms with Crippen LogP contribution in [0.2, 0.25) is 0 Å². The van der Waals surface area contributed by atoms with Crippen LogP contribution in [0.1, 0.15) is 39.5 Å². The second kappa shape index (κ2) is 10.9. The largest absolute Gasteiger partial charge is 0.125 e. The Bertz CT molecular complexity index is 921. The number of hydrogen-bond donors (Lipinski definition) is 0. The van der Waals surface area contributed by atoms with E-state index >= 15 is 0 Å². The van der Waals surface area contributed by atoms with Crippen LogP contribution < -0.4 is 0 Å². The van der Waals surface area contributed by atoms with Crippen molar-refractivity contribution in [3.8, 4) is 0 Å². The van der Waals surface area contributed by atoms with Crippen LogP contribution in [0.25, 0.3) is 21.5 Å². The highest BCUT2D eigenvalue weighted by molar-refractivity contribution is 9.15. The van der Waals surface area contributed by atoms with Crippen LogP contribution in [0.4, 0.5) is 0 Å². The Balaban J connectivity index is 2.41. The third-order valence-electron chi connectivity index (χ3n) is 4.63. The van der Waals surface area contributed by atoms with Gasteiger partial charge in [0, 0.05) is 38.5 Å². The maximum Gasteiger partial charge on any atom is 0.0477 e. The zero-order valence-electron chi connectivity index (χ0n) is 15.9. The average Bonchev–Trinajstić information content (AvgIpc) is 2.71. The fraction of sp³-hybridized carbons (Fsp3) is 0.364. The predicted molar refractivity (Wildman–Crippen MR) is 144 cm³/mol. The van der Waals surface area contributed by atoms with E-state index in [0.717, 1.165) is 29.4 Å². The summed E-state index contributed by atoms with van der Waals surface area (Å²) in [5.41, 5.74) is 0. The SMILES string of the molecule is CCCCSc1c2ccccc2c(SCCCC)c2c(Br)c(Br)c(Br)c(Br)c12. The fourth-order valence-corrected chi connectivity index (χ4v) is 8.56. The Kier molecular flexibility index (Phi) is 9.13. The van der Waals surface area contributed by atoms with Gasteiger partial charge in [0.25, 0.3) is 0 Å². The number of rotatable bonds is 8. The molecule has 0 aliphatic carbocycles. The molecular weight excluding hydrogens is 648 g/mol. The van der Waals surface area contributed by atoms with Gasteiger partial charge in [-0.1, -0.05) is 51.0 Å². The summed E-state index contributed by atoms with van der Waals surface area (Å²) in [6.07, 6.45) is 4.88. The zero-order chi connectivity index (χ0) is 20.3. The Morgan fingerprint density at radius 1 is 0.643 bits per heavy atom. The summed E-state index contributed by atoms with van der Waals surface area (Å²) in [5.74, 6) is 2.27. The van der Waals surface area contributed by atoms with E-state index in [1.807, 2.05) is 23.5 Å². The molecule has 0 atom stereocenters. The molecule has 3 aromatic rings. The molecule has 3 rings (SSSR count). The van der Waals surface area contributed by atoms with E-state index in [1.165, 1.54) is 57.0 Å². The van der Waals surface area contributed by atoms with Crippen molar-refractivity contribution in [3.63, 3.8) is 0 Å². The van der Waals surface area contributed by atoms with Gasteiger partial charge in [-0.2, -0.15) is 0 Å². The Hall–Kier alpha value is 0.800. The summed E-state index contributed by atoms with van der Waals surface area (Å²) >= 11 is 19.3. The van der Waals surface area contributed by atoms with Gasteiger partial charge in [-0.25, -0.2) is 0 Å². The second-order valence-corrected chi connectivity index (χ2v) is 12.0. The minimum atomic E-state index is 1.06. The van der Waals surface area contributed by atoms with Crippen molar-refractivity contribution < 1.29 is 0 Å². The normalized spacial score (nSPS) is 11.6. The van der Waals surface area contributed by atoms with Gasteiger partial charge in [0.15, 0.2) is 0 Å². The maximum absolute atomic E-state index is 3.91. The summed E-state index contributed by atoms with van der Waals surface area (Å²) in [4.78, 5) is 2.75. The molecule has 0 saturated heterocycles. The second-order valence-electron chi connectivity index (χ2n) is 6.61. The lowest BCUT2D eigenvalue weighted by molar-refractivity contribution is 0.896. The van der Waals surface area contributed by atoms with Gasteiger partial charge in [-0.05, 0) is 98.8 Å². The molecule has 28 heavy (non-hydrogen) atoms. The molecular formula is C22H22Br4S2. The fourth-order valence-electron chi connectivity index (χ4n) is 3.14. The molecule has 0 aliphatic heterocycles. The van der Waals surface area contributed by atoms with E-state index in [9.17, 15) is 0 Å². The van der Waals surface area contributed by atoms with Crippen LogP contribution in [-0.4, -0.2) is 11.5 Å². The van der Waals surface area contributed by atoms with Crippen LogP contribution >= 0.6 is 87.2 Å². The first-order valence-electron chi connectivity index (χ1n) is 9.48. The molecule has 0 amide bonds. The zero-order valence-corrected chi connectivity index (χ0v) is 23.9. The van der Waals surface area contributed by atoms with E-state index in [-0.39, 0.29) is 0 Å². The van der Waals surface area contributed by atoms with E-state index in [0.29, 0.717) is 0 Å². The van der Waals surface area contributed by atoms with Gasteiger partial charge in [0.05, 0.1) is 0 Å². The summed E-state index contributed by atoms with van der Waals surface area (Å²) in [5, 5.41) is 5.33. The van der Waals surface area contributed by atoms with Crippen molar-refractivity contribution in [2.75, 3.05) is 11.5 Å². The van der Waals surface area contributed by atoms with Gasteiger partial charge in [-0.3, -0.25) is 0 Å². The van der Waals surface area contributed by atoms with Gasteiger partial charge in [0.1, 0.15) is 0 Å². The lowest BCUT2D eigenvalue weighted by Crippen LogP contribution is -1.93. The molecule has 0 unspecified atom stereocenters. The number of thioether (sulfide) groups is 2. The van der Waals surface area contributed by atoms with Crippen molar-refractivity contribution in [1.29, 1.82) is 0 Å². The summed E-state index contributed by atoms with van der Waals surface area (Å²) in [6.45, 7) is 4.51. The van der Waals surface area contributed by atoms with Crippen molar-refractivity contribution in [2.24, 2.45) is 0 Å². The van der Waals surface area contributed by atoms with Crippen LogP contribution in [-0.2, 0) is 0 Å². The standard InChI is InChI=1S/C22H22Br4S2/c1-3-5-11-27-21-13-9-7-8-10-14(13)22(28-12-6-4-2)16-15(21)17(23)19(25)20(26)18(16)24/h7-10H,3-6,11-12H2,1-2H3. The highest BCUT2D eigenvalue weighted by Gasteiger charge is 2.22. The van der Waals surface area contributed by atoms with E-state index < -0.39 is 0 Å². The Morgan fingerprint density at radius 2 is 1.04 bits per heavy atom. The van der Waals surface area contributed by atoms with Gasteiger partial charge in [0.2, 0.25) is 0 Å². The van der Waals surface area contributed by atoms with Crippen LogP contribution in [0, 0.1) is 0 Å². The monoisotopic (exact) mass is 666 g/mol. The van der Waals surface area contributed by atoms with Gasteiger partial charge < -0.3 is 0 Å². The quantitative estimate of drug-likeness (QED) is 0.0770. The average molecular weight is 670 g/mol. The minimum Gasteiger partial charge on any atom is -0.125 e. The lowest BCUT2D eigenvalue weighted by atomic mass is 10.0. The summed E-state index contributed by atoms with van der Waals surface area (Å²) in [7, 11) is 0. The van der Waals surface area contributed by atoms with Crippen molar-refractivity contribution >= 4 is 109 Å².